The van der Waals surface area contributed by atoms with E-state index in [0.717, 1.165) is 5.56 Å². The fourth-order valence-electron chi connectivity index (χ4n) is 1.63. The molecule has 0 fully saturated rings. The number of ether oxygens (including phenoxy) is 1. The highest BCUT2D eigenvalue weighted by Crippen LogP contribution is 2.32. The largest absolute Gasteiger partial charge is 0.484 e. The molecule has 7 heteroatoms. The summed E-state index contributed by atoms with van der Waals surface area (Å²) < 4.78 is 10.5. The van der Waals surface area contributed by atoms with E-state index in [1.54, 1.807) is 19.1 Å². The van der Waals surface area contributed by atoms with Gasteiger partial charge in [0.25, 0.3) is 0 Å². The SMILES string of the molecule is CNCc1cc(Cl)cc(Cl)c1OCc1noc(C)n1. The Morgan fingerprint density at radius 3 is 2.79 bits per heavy atom. The van der Waals surface area contributed by atoms with E-state index in [4.69, 9.17) is 32.5 Å². The van der Waals surface area contributed by atoms with Gasteiger partial charge in [-0.3, -0.25) is 0 Å². The van der Waals surface area contributed by atoms with Crippen LogP contribution in [0.25, 0.3) is 0 Å². The summed E-state index contributed by atoms with van der Waals surface area (Å²) in [6, 6.07) is 3.44. The van der Waals surface area contributed by atoms with Crippen molar-refractivity contribution in [3.05, 3.63) is 39.5 Å². The minimum Gasteiger partial charge on any atom is -0.484 e. The molecule has 102 valence electrons. The molecule has 5 nitrogen and oxygen atoms in total. The number of nitrogens with zero attached hydrogens (tertiary/aromatic N) is 2. The van der Waals surface area contributed by atoms with Crippen LogP contribution in [0.15, 0.2) is 16.7 Å². The summed E-state index contributed by atoms with van der Waals surface area (Å²) in [5.74, 6) is 1.54. The van der Waals surface area contributed by atoms with Crippen LogP contribution in [0.2, 0.25) is 10.0 Å². The number of aromatic nitrogens is 2. The second-order valence-electron chi connectivity index (χ2n) is 3.92. The summed E-state index contributed by atoms with van der Waals surface area (Å²) in [7, 11) is 1.83. The molecule has 1 aromatic carbocycles. The lowest BCUT2D eigenvalue weighted by molar-refractivity contribution is 0.283. The van der Waals surface area contributed by atoms with E-state index in [2.05, 4.69) is 15.5 Å². The van der Waals surface area contributed by atoms with Crippen molar-refractivity contribution in [1.82, 2.24) is 15.5 Å². The molecule has 0 aliphatic rings. The van der Waals surface area contributed by atoms with E-state index >= 15 is 0 Å². The number of benzene rings is 1. The highest BCUT2D eigenvalue weighted by Gasteiger charge is 2.12. The molecule has 0 radical (unpaired) electrons. The first-order chi connectivity index (χ1) is 9.10. The molecule has 2 rings (SSSR count). The third kappa shape index (κ3) is 3.59. The predicted molar refractivity (Wildman–Crippen MR) is 72.6 cm³/mol. The van der Waals surface area contributed by atoms with Gasteiger partial charge >= 0.3 is 0 Å². The van der Waals surface area contributed by atoms with Gasteiger partial charge in [-0.1, -0.05) is 28.4 Å². The van der Waals surface area contributed by atoms with E-state index in [1.807, 2.05) is 7.05 Å². The molecule has 1 heterocycles. The van der Waals surface area contributed by atoms with Gasteiger partial charge in [0.2, 0.25) is 11.7 Å². The number of halogens is 2. The third-order valence-electron chi connectivity index (χ3n) is 2.37. The van der Waals surface area contributed by atoms with Crippen LogP contribution in [-0.2, 0) is 13.2 Å². The Labute approximate surface area is 120 Å². The summed E-state index contributed by atoms with van der Waals surface area (Å²) in [6.07, 6.45) is 0. The molecule has 2 aromatic rings. The minimum atomic E-state index is 0.190. The molecule has 0 bridgehead atoms. The minimum absolute atomic E-state index is 0.190. The van der Waals surface area contributed by atoms with Crippen molar-refractivity contribution in [3.63, 3.8) is 0 Å². The van der Waals surface area contributed by atoms with Crippen molar-refractivity contribution in [2.75, 3.05) is 7.05 Å². The Hall–Kier alpha value is -1.30. The van der Waals surface area contributed by atoms with Gasteiger partial charge in [-0.05, 0) is 19.2 Å². The average Bonchev–Trinajstić information content (AvgIpc) is 2.74. The van der Waals surface area contributed by atoms with E-state index < -0.39 is 0 Å². The summed E-state index contributed by atoms with van der Waals surface area (Å²) >= 11 is 12.1. The first-order valence-electron chi connectivity index (χ1n) is 5.64. The fraction of sp³-hybridized carbons (Fsp3) is 0.333. The molecular formula is C12H13Cl2N3O2. The van der Waals surface area contributed by atoms with E-state index in [9.17, 15) is 0 Å². The van der Waals surface area contributed by atoms with Gasteiger partial charge in [-0.25, -0.2) is 0 Å². The zero-order chi connectivity index (χ0) is 13.8. The van der Waals surface area contributed by atoms with Crippen LogP contribution in [0.5, 0.6) is 5.75 Å². The molecule has 19 heavy (non-hydrogen) atoms. The molecule has 0 saturated heterocycles. The zero-order valence-electron chi connectivity index (χ0n) is 10.5. The summed E-state index contributed by atoms with van der Waals surface area (Å²) in [5.41, 5.74) is 0.875. The second-order valence-corrected chi connectivity index (χ2v) is 4.77. The Balaban J connectivity index is 2.18. The maximum atomic E-state index is 6.14. The molecule has 1 N–H and O–H groups in total. The smallest absolute Gasteiger partial charge is 0.223 e. The number of aryl methyl sites for hydroxylation is 1. The number of hydrogen-bond acceptors (Lipinski definition) is 5. The van der Waals surface area contributed by atoms with Gasteiger partial charge in [-0.2, -0.15) is 4.98 Å². The maximum Gasteiger partial charge on any atom is 0.223 e. The molecule has 0 unspecified atom stereocenters. The van der Waals surface area contributed by atoms with E-state index in [0.29, 0.717) is 34.1 Å². The highest BCUT2D eigenvalue weighted by molar-refractivity contribution is 6.35. The number of hydrogen-bond donors (Lipinski definition) is 1. The van der Waals surface area contributed by atoms with Crippen molar-refractivity contribution in [3.8, 4) is 5.75 Å². The normalized spacial score (nSPS) is 10.7. The monoisotopic (exact) mass is 301 g/mol. The maximum absolute atomic E-state index is 6.14. The predicted octanol–water partition coefficient (Wildman–Crippen LogP) is 2.98. The molecule has 0 saturated carbocycles. The van der Waals surface area contributed by atoms with E-state index in [1.165, 1.54) is 0 Å². The lowest BCUT2D eigenvalue weighted by atomic mass is 10.2. The van der Waals surface area contributed by atoms with Crippen LogP contribution in [0.1, 0.15) is 17.3 Å². The zero-order valence-corrected chi connectivity index (χ0v) is 12.0. The first kappa shape index (κ1) is 14.1. The van der Waals surface area contributed by atoms with Crippen molar-refractivity contribution in [2.24, 2.45) is 0 Å². The Kier molecular flexibility index (Phi) is 4.63. The number of rotatable bonds is 5. The molecule has 0 aliphatic carbocycles. The molecule has 0 aliphatic heterocycles. The average molecular weight is 302 g/mol. The van der Waals surface area contributed by atoms with Crippen LogP contribution >= 0.6 is 23.2 Å². The molecular weight excluding hydrogens is 289 g/mol. The Morgan fingerprint density at radius 2 is 2.16 bits per heavy atom. The van der Waals surface area contributed by atoms with Crippen molar-refractivity contribution in [2.45, 2.75) is 20.1 Å². The number of nitrogens with one attached hydrogen (secondary N) is 1. The van der Waals surface area contributed by atoms with Gasteiger partial charge in [0.05, 0.1) is 5.02 Å². The van der Waals surface area contributed by atoms with Crippen LogP contribution < -0.4 is 10.1 Å². The van der Waals surface area contributed by atoms with Gasteiger partial charge in [-0.15, -0.1) is 0 Å². The van der Waals surface area contributed by atoms with Crippen LogP contribution in [0.4, 0.5) is 0 Å². The second kappa shape index (κ2) is 6.23. The lowest BCUT2D eigenvalue weighted by Crippen LogP contribution is -2.08. The molecule has 0 atom stereocenters. The van der Waals surface area contributed by atoms with Gasteiger partial charge < -0.3 is 14.6 Å². The summed E-state index contributed by atoms with van der Waals surface area (Å²) in [4.78, 5) is 4.06. The van der Waals surface area contributed by atoms with Crippen molar-refractivity contribution >= 4 is 23.2 Å². The Bertz CT molecular complexity index is 572. The quantitative estimate of drug-likeness (QED) is 0.920. The highest BCUT2D eigenvalue weighted by atomic mass is 35.5. The van der Waals surface area contributed by atoms with Crippen molar-refractivity contribution < 1.29 is 9.26 Å². The molecule has 0 amide bonds. The van der Waals surface area contributed by atoms with Gasteiger partial charge in [0, 0.05) is 24.1 Å². The van der Waals surface area contributed by atoms with Crippen molar-refractivity contribution in [1.29, 1.82) is 0 Å². The summed E-state index contributed by atoms with van der Waals surface area (Å²) in [5, 5.41) is 7.82. The van der Waals surface area contributed by atoms with E-state index in [-0.39, 0.29) is 6.61 Å². The van der Waals surface area contributed by atoms with Gasteiger partial charge in [0.15, 0.2) is 6.61 Å². The third-order valence-corrected chi connectivity index (χ3v) is 2.87. The first-order valence-corrected chi connectivity index (χ1v) is 6.40. The van der Waals surface area contributed by atoms with Gasteiger partial charge in [0.1, 0.15) is 5.75 Å². The molecule has 1 aromatic heterocycles. The van der Waals surface area contributed by atoms with Crippen LogP contribution in [0, 0.1) is 6.92 Å². The lowest BCUT2D eigenvalue weighted by Gasteiger charge is -2.12. The fourth-order valence-corrected chi connectivity index (χ4v) is 2.22. The summed E-state index contributed by atoms with van der Waals surface area (Å²) in [6.45, 7) is 2.51. The van der Waals surface area contributed by atoms with Crippen LogP contribution in [-0.4, -0.2) is 17.2 Å². The van der Waals surface area contributed by atoms with Crippen LogP contribution in [0.3, 0.4) is 0 Å². The topological polar surface area (TPSA) is 60.2 Å². The Morgan fingerprint density at radius 1 is 1.37 bits per heavy atom. The molecule has 0 spiro atoms. The standard InChI is InChI=1S/C12H13Cl2N3O2/c1-7-16-11(17-19-7)6-18-12-8(5-15-2)3-9(13)4-10(12)14/h3-4,15H,5-6H2,1-2H3.